The fourth-order valence-corrected chi connectivity index (χ4v) is 10.4. The molecule has 0 radical (unpaired) electrons. The van der Waals surface area contributed by atoms with Gasteiger partial charge in [0.1, 0.15) is 23.3 Å². The molecule has 0 saturated heterocycles. The van der Waals surface area contributed by atoms with Crippen LogP contribution in [-0.4, -0.2) is 0 Å². The molecular weight excluding hydrogens is 921 g/mol. The van der Waals surface area contributed by atoms with Gasteiger partial charge in [-0.3, -0.25) is 0 Å². The van der Waals surface area contributed by atoms with Crippen LogP contribution >= 0.6 is 0 Å². The molecule has 0 atom stereocenters. The minimum absolute atomic E-state index is 0.0437. The largest absolute Gasteiger partial charge is 0.307 e. The van der Waals surface area contributed by atoms with Crippen LogP contribution in [0.5, 0.6) is 0 Å². The van der Waals surface area contributed by atoms with Crippen molar-refractivity contribution in [1.82, 2.24) is 0 Å². The number of rotatable bonds is 10. The number of aryl methyl sites for hydroxylation is 4. The summed E-state index contributed by atoms with van der Waals surface area (Å²) in [4.78, 5) is 3.64. The van der Waals surface area contributed by atoms with Gasteiger partial charge in [-0.05, 0) is 167 Å². The number of hydrogen-bond acceptors (Lipinski definition) is 2. The first-order valence-corrected chi connectivity index (χ1v) is 24.7. The van der Waals surface area contributed by atoms with Crippen LogP contribution in [-0.2, 0) is 0 Å². The van der Waals surface area contributed by atoms with Gasteiger partial charge in [0.25, 0.3) is 0 Å². The summed E-state index contributed by atoms with van der Waals surface area (Å²) < 4.78 is 64.6. The van der Waals surface area contributed by atoms with Gasteiger partial charge >= 0.3 is 0 Å². The molecule has 0 amide bonds. The van der Waals surface area contributed by atoms with Gasteiger partial charge < -0.3 is 9.80 Å². The zero-order chi connectivity index (χ0) is 50.8. The molecule has 0 heterocycles. The molecule has 0 aliphatic carbocycles. The van der Waals surface area contributed by atoms with Crippen LogP contribution < -0.4 is 9.80 Å². The molecule has 2 nitrogen and oxygen atoms in total. The van der Waals surface area contributed by atoms with E-state index in [9.17, 15) is 0 Å². The molecule has 358 valence electrons. The molecule has 0 N–H and O–H groups in total. The number of nitrogens with zero attached hydrogens (tertiary/aromatic N) is 2. The third-order valence-corrected chi connectivity index (χ3v) is 14.3. The summed E-state index contributed by atoms with van der Waals surface area (Å²) in [5.41, 5.74) is 14.6. The number of anilines is 6. The molecule has 0 aliphatic rings. The Kier molecular flexibility index (Phi) is 11.6. The van der Waals surface area contributed by atoms with E-state index in [0.29, 0.717) is 22.7 Å². The first-order chi connectivity index (χ1) is 35.9. The summed E-state index contributed by atoms with van der Waals surface area (Å²) in [7, 11) is 0. The van der Waals surface area contributed by atoms with E-state index in [-0.39, 0.29) is 11.4 Å². The Bertz CT molecular complexity index is 3690. The van der Waals surface area contributed by atoms with E-state index < -0.39 is 23.3 Å². The van der Waals surface area contributed by atoms with Crippen LogP contribution in [0.4, 0.5) is 51.7 Å². The molecule has 74 heavy (non-hydrogen) atoms. The van der Waals surface area contributed by atoms with E-state index in [2.05, 4.69) is 109 Å². The maximum atomic E-state index is 16.7. The zero-order valence-corrected chi connectivity index (χ0v) is 41.2. The van der Waals surface area contributed by atoms with Gasteiger partial charge in [0.2, 0.25) is 0 Å². The highest BCUT2D eigenvalue weighted by Crippen LogP contribution is 2.50. The predicted molar refractivity (Wildman–Crippen MR) is 300 cm³/mol. The number of hydrogen-bond donors (Lipinski definition) is 0. The molecule has 0 bridgehead atoms. The van der Waals surface area contributed by atoms with Crippen LogP contribution in [0.1, 0.15) is 22.3 Å². The van der Waals surface area contributed by atoms with Gasteiger partial charge in [-0.15, -0.1) is 0 Å². The molecule has 0 fully saturated rings. The van der Waals surface area contributed by atoms with Crippen LogP contribution in [0.15, 0.2) is 218 Å². The van der Waals surface area contributed by atoms with E-state index in [0.717, 1.165) is 111 Å². The Balaban J connectivity index is 1.12. The summed E-state index contributed by atoms with van der Waals surface area (Å²) in [5, 5.41) is 5.15. The van der Waals surface area contributed by atoms with Gasteiger partial charge in [0.15, 0.2) is 0 Å². The topological polar surface area (TPSA) is 6.48 Å². The Morgan fingerprint density at radius 2 is 0.554 bits per heavy atom. The molecule has 0 unspecified atom stereocenters. The van der Waals surface area contributed by atoms with Crippen molar-refractivity contribution in [1.29, 1.82) is 0 Å². The van der Waals surface area contributed by atoms with E-state index in [1.165, 1.54) is 24.3 Å². The van der Waals surface area contributed by atoms with Crippen molar-refractivity contribution in [3.63, 3.8) is 0 Å². The van der Waals surface area contributed by atoms with Crippen LogP contribution in [0, 0.1) is 51.0 Å². The van der Waals surface area contributed by atoms with E-state index >= 15 is 17.6 Å². The van der Waals surface area contributed by atoms with Crippen molar-refractivity contribution in [3.05, 3.63) is 264 Å². The summed E-state index contributed by atoms with van der Waals surface area (Å²) in [6, 6.07) is 68.8. The van der Waals surface area contributed by atoms with Crippen molar-refractivity contribution < 1.29 is 17.6 Å². The zero-order valence-electron chi connectivity index (χ0n) is 41.2. The predicted octanol–water partition coefficient (Wildman–Crippen LogP) is 20.0. The molecule has 12 aromatic carbocycles. The second-order valence-electron chi connectivity index (χ2n) is 19.5. The Morgan fingerprint density at radius 3 is 0.865 bits per heavy atom. The molecular formula is C68H48F4N2. The average molecular weight is 969 g/mol. The van der Waals surface area contributed by atoms with Crippen molar-refractivity contribution in [2.24, 2.45) is 0 Å². The van der Waals surface area contributed by atoms with E-state index in [1.807, 2.05) is 110 Å². The van der Waals surface area contributed by atoms with Crippen molar-refractivity contribution >= 4 is 66.4 Å². The van der Waals surface area contributed by atoms with Gasteiger partial charge in [0, 0.05) is 34.3 Å². The highest BCUT2D eigenvalue weighted by Gasteiger charge is 2.26. The minimum Gasteiger partial charge on any atom is -0.307 e. The number of benzene rings is 12. The van der Waals surface area contributed by atoms with Crippen molar-refractivity contribution in [3.8, 4) is 44.5 Å². The van der Waals surface area contributed by atoms with Crippen LogP contribution in [0.25, 0.3) is 76.8 Å². The standard InChI is InChI=1S/C68H48F4N2/c1-41-5-13-45(14-6-41)51-33-52(46-15-7-42(2)8-16-46)36-57(35-51)73(65-39-55(69)25-29-61(65)71)63-31-23-49-22-28-60-64(32-24-50-21-27-59(63)67(49)68(50)60)74(66-40-56(70)26-30-62(66)72)58-37-53(47-17-9-43(3)10-18-47)34-54(38-58)48-19-11-44(4)12-20-48/h5-40H,1-4H3. The third kappa shape index (κ3) is 8.48. The highest BCUT2D eigenvalue weighted by molar-refractivity contribution is 6.28. The normalized spacial score (nSPS) is 11.5. The van der Waals surface area contributed by atoms with Gasteiger partial charge in [-0.2, -0.15) is 0 Å². The fraction of sp³-hybridized carbons (Fsp3) is 0.0588. The maximum absolute atomic E-state index is 16.7. The summed E-state index contributed by atoms with van der Waals surface area (Å²) >= 11 is 0. The lowest BCUT2D eigenvalue weighted by molar-refractivity contribution is 0.601. The molecule has 0 spiro atoms. The first-order valence-electron chi connectivity index (χ1n) is 24.7. The van der Waals surface area contributed by atoms with Crippen LogP contribution in [0.3, 0.4) is 0 Å². The van der Waals surface area contributed by atoms with Crippen LogP contribution in [0.2, 0.25) is 0 Å². The lowest BCUT2D eigenvalue weighted by Gasteiger charge is -2.30. The Hall–Kier alpha value is -9.00. The third-order valence-electron chi connectivity index (χ3n) is 14.3. The Labute approximate surface area is 428 Å². The summed E-state index contributed by atoms with van der Waals surface area (Å²) in [6.45, 7) is 8.19. The van der Waals surface area contributed by atoms with Gasteiger partial charge in [0.05, 0.1) is 22.7 Å². The number of halogens is 4. The van der Waals surface area contributed by atoms with Crippen molar-refractivity contribution in [2.45, 2.75) is 27.7 Å². The van der Waals surface area contributed by atoms with E-state index in [4.69, 9.17) is 0 Å². The highest BCUT2D eigenvalue weighted by atomic mass is 19.1. The molecule has 0 aromatic heterocycles. The maximum Gasteiger partial charge on any atom is 0.147 e. The molecule has 12 aromatic rings. The molecule has 6 heteroatoms. The second-order valence-corrected chi connectivity index (χ2v) is 19.5. The monoisotopic (exact) mass is 968 g/mol. The van der Waals surface area contributed by atoms with Gasteiger partial charge in [-0.1, -0.05) is 156 Å². The lowest BCUT2D eigenvalue weighted by Crippen LogP contribution is -2.14. The molecule has 0 aliphatic heterocycles. The summed E-state index contributed by atoms with van der Waals surface area (Å²) in [6.07, 6.45) is 0. The quantitative estimate of drug-likeness (QED) is 0.0995. The molecule has 12 rings (SSSR count). The SMILES string of the molecule is Cc1ccc(-c2cc(-c3ccc(C)cc3)cc(N(c3cc(F)ccc3F)c3ccc4ccc5c(N(c6cc(-c7ccc(C)cc7)cc(-c7ccc(C)cc7)c6)c6cc(F)ccc6F)ccc6ccc3c4c65)c2)cc1. The average Bonchev–Trinajstić information content (AvgIpc) is 3.44. The summed E-state index contributed by atoms with van der Waals surface area (Å²) in [5.74, 6) is -2.35. The van der Waals surface area contributed by atoms with E-state index in [1.54, 1.807) is 0 Å². The fourth-order valence-electron chi connectivity index (χ4n) is 10.4. The van der Waals surface area contributed by atoms with Gasteiger partial charge in [-0.25, -0.2) is 17.6 Å². The minimum atomic E-state index is -0.595. The molecule has 0 saturated carbocycles. The smallest absolute Gasteiger partial charge is 0.147 e. The lowest BCUT2D eigenvalue weighted by atomic mass is 9.91. The van der Waals surface area contributed by atoms with Crippen molar-refractivity contribution in [2.75, 3.05) is 9.80 Å². The first kappa shape index (κ1) is 46.1. The second kappa shape index (κ2) is 18.6. The Morgan fingerprint density at radius 1 is 0.257 bits per heavy atom.